The van der Waals surface area contributed by atoms with Crippen molar-refractivity contribution < 1.29 is 14.3 Å². The molecule has 0 radical (unpaired) electrons. The van der Waals surface area contributed by atoms with Crippen LogP contribution in [0.25, 0.3) is 0 Å². The highest BCUT2D eigenvalue weighted by Gasteiger charge is 2.40. The fraction of sp³-hybridized carbons (Fsp3) is 0.600. The van der Waals surface area contributed by atoms with Gasteiger partial charge >= 0.3 is 5.97 Å². The third-order valence-electron chi connectivity index (χ3n) is 5.53. The number of carbonyl (C=O) groups is 2. The average Bonchev–Trinajstić information content (AvgIpc) is 3.16. The molecular formula is C20H27NO3. The molecule has 2 fully saturated rings. The maximum absolute atomic E-state index is 12.1. The molecule has 2 saturated carbocycles. The maximum atomic E-state index is 12.1. The summed E-state index contributed by atoms with van der Waals surface area (Å²) in [6, 6.07) is 7.73. The van der Waals surface area contributed by atoms with Gasteiger partial charge in [-0.3, -0.25) is 9.59 Å². The normalized spacial score (nSPS) is 25.0. The molecule has 0 heterocycles. The Hall–Kier alpha value is -1.84. The number of benzene rings is 1. The van der Waals surface area contributed by atoms with E-state index < -0.39 is 0 Å². The van der Waals surface area contributed by atoms with Crippen molar-refractivity contribution in [2.24, 2.45) is 17.8 Å². The average molecular weight is 329 g/mol. The molecule has 4 nitrogen and oxygen atoms in total. The lowest BCUT2D eigenvalue weighted by Gasteiger charge is -2.20. The van der Waals surface area contributed by atoms with Gasteiger partial charge in [0.25, 0.3) is 5.91 Å². The summed E-state index contributed by atoms with van der Waals surface area (Å²) in [4.78, 5) is 24.1. The van der Waals surface area contributed by atoms with E-state index in [-0.39, 0.29) is 18.5 Å². The predicted octanol–water partition coefficient (Wildman–Crippen LogP) is 4.12. The first-order valence-electron chi connectivity index (χ1n) is 9.07. The second-order valence-corrected chi connectivity index (χ2v) is 7.59. The van der Waals surface area contributed by atoms with Crippen LogP contribution in [0.3, 0.4) is 0 Å². The third-order valence-corrected chi connectivity index (χ3v) is 5.53. The van der Waals surface area contributed by atoms with Crippen molar-refractivity contribution in [1.29, 1.82) is 0 Å². The van der Waals surface area contributed by atoms with Crippen molar-refractivity contribution in [2.45, 2.75) is 51.9 Å². The Balaban J connectivity index is 1.45. The Kier molecular flexibility index (Phi) is 5.22. The number of ether oxygens (including phenoxy) is 1. The molecule has 24 heavy (non-hydrogen) atoms. The topological polar surface area (TPSA) is 55.4 Å². The molecule has 0 aliphatic heterocycles. The third kappa shape index (κ3) is 3.97. The summed E-state index contributed by atoms with van der Waals surface area (Å²) < 4.78 is 5.19. The van der Waals surface area contributed by atoms with Crippen molar-refractivity contribution in [3.8, 4) is 0 Å². The van der Waals surface area contributed by atoms with E-state index in [1.165, 1.54) is 19.3 Å². The Morgan fingerprint density at radius 2 is 2.00 bits per heavy atom. The van der Waals surface area contributed by atoms with Crippen LogP contribution >= 0.6 is 0 Å². The van der Waals surface area contributed by atoms with Gasteiger partial charge in [-0.2, -0.15) is 0 Å². The molecule has 0 unspecified atom stereocenters. The van der Waals surface area contributed by atoms with Crippen LogP contribution in [-0.2, 0) is 14.3 Å². The van der Waals surface area contributed by atoms with Gasteiger partial charge in [0, 0.05) is 12.1 Å². The first kappa shape index (κ1) is 17.0. The number of anilines is 1. The molecule has 1 amide bonds. The summed E-state index contributed by atoms with van der Waals surface area (Å²) in [7, 11) is 0. The molecule has 3 rings (SSSR count). The van der Waals surface area contributed by atoms with E-state index in [4.69, 9.17) is 4.74 Å². The van der Waals surface area contributed by atoms with Gasteiger partial charge in [-0.1, -0.05) is 38.5 Å². The molecular weight excluding hydrogens is 302 g/mol. The maximum Gasteiger partial charge on any atom is 0.306 e. The molecule has 2 bridgehead atoms. The van der Waals surface area contributed by atoms with E-state index in [1.807, 2.05) is 24.3 Å². The van der Waals surface area contributed by atoms with E-state index in [0.29, 0.717) is 24.2 Å². The molecule has 1 N–H and O–H groups in total. The van der Waals surface area contributed by atoms with E-state index >= 15 is 0 Å². The van der Waals surface area contributed by atoms with E-state index in [9.17, 15) is 9.59 Å². The summed E-state index contributed by atoms with van der Waals surface area (Å²) in [6.45, 7) is 3.97. The smallest absolute Gasteiger partial charge is 0.306 e. The van der Waals surface area contributed by atoms with Gasteiger partial charge < -0.3 is 10.1 Å². The molecule has 1 aromatic carbocycles. The molecule has 4 heteroatoms. The second-order valence-electron chi connectivity index (χ2n) is 7.59. The fourth-order valence-electron chi connectivity index (χ4n) is 4.35. The van der Waals surface area contributed by atoms with Gasteiger partial charge in [0.15, 0.2) is 6.61 Å². The monoisotopic (exact) mass is 329 g/mol. The Morgan fingerprint density at radius 1 is 1.21 bits per heavy atom. The summed E-state index contributed by atoms with van der Waals surface area (Å²) in [5.41, 5.74) is 1.88. The molecule has 130 valence electrons. The highest BCUT2D eigenvalue weighted by molar-refractivity contribution is 5.93. The van der Waals surface area contributed by atoms with Crippen LogP contribution in [0.4, 0.5) is 5.69 Å². The van der Waals surface area contributed by atoms with Gasteiger partial charge in [-0.15, -0.1) is 0 Å². The molecule has 0 saturated heterocycles. The van der Waals surface area contributed by atoms with Crippen LogP contribution in [0.1, 0.15) is 57.4 Å². The molecule has 0 spiro atoms. The molecule has 2 aliphatic carbocycles. The minimum atomic E-state index is -0.274. The molecule has 3 atom stereocenters. The number of para-hydroxylation sites is 1. The lowest BCUT2D eigenvalue weighted by molar-refractivity contribution is -0.148. The van der Waals surface area contributed by atoms with E-state index in [1.54, 1.807) is 0 Å². The SMILES string of the molecule is CC(C)c1ccccc1NC(=O)COC(=O)C[C@H]1C[C@@H]2CC[C@@H]1C2. The quantitative estimate of drug-likeness (QED) is 0.799. The number of esters is 1. The van der Waals surface area contributed by atoms with Crippen LogP contribution in [0, 0.1) is 17.8 Å². The number of nitrogens with one attached hydrogen (secondary N) is 1. The van der Waals surface area contributed by atoms with Gasteiger partial charge in [-0.05, 0) is 54.6 Å². The van der Waals surface area contributed by atoms with Gasteiger partial charge in [0.1, 0.15) is 0 Å². The standard InChI is InChI=1S/C20H27NO3/c1-13(2)17-5-3-4-6-18(17)21-19(22)12-24-20(23)11-16-10-14-7-8-15(16)9-14/h3-6,13-16H,7-12H2,1-2H3,(H,21,22)/t14-,15-,16-/m1/s1. The summed E-state index contributed by atoms with van der Waals surface area (Å²) in [5, 5.41) is 2.85. The first-order chi connectivity index (χ1) is 11.5. The summed E-state index contributed by atoms with van der Waals surface area (Å²) >= 11 is 0. The Morgan fingerprint density at radius 3 is 2.67 bits per heavy atom. The zero-order chi connectivity index (χ0) is 17.1. The van der Waals surface area contributed by atoms with Crippen LogP contribution in [-0.4, -0.2) is 18.5 Å². The van der Waals surface area contributed by atoms with Gasteiger partial charge in [0.05, 0.1) is 0 Å². The van der Waals surface area contributed by atoms with Crippen molar-refractivity contribution >= 4 is 17.6 Å². The second kappa shape index (κ2) is 7.37. The van der Waals surface area contributed by atoms with Crippen molar-refractivity contribution in [3.05, 3.63) is 29.8 Å². The van der Waals surface area contributed by atoms with Crippen molar-refractivity contribution in [2.75, 3.05) is 11.9 Å². The lowest BCUT2D eigenvalue weighted by Crippen LogP contribution is -2.23. The van der Waals surface area contributed by atoms with Gasteiger partial charge in [-0.25, -0.2) is 0 Å². The van der Waals surface area contributed by atoms with Crippen molar-refractivity contribution in [1.82, 2.24) is 0 Å². The molecule has 1 aromatic rings. The number of rotatable bonds is 6. The first-order valence-corrected chi connectivity index (χ1v) is 9.07. The van der Waals surface area contributed by atoms with Crippen LogP contribution in [0.5, 0.6) is 0 Å². The van der Waals surface area contributed by atoms with E-state index in [0.717, 1.165) is 23.6 Å². The van der Waals surface area contributed by atoms with Crippen molar-refractivity contribution in [3.63, 3.8) is 0 Å². The number of hydrogen-bond donors (Lipinski definition) is 1. The number of fused-ring (bicyclic) bond motifs is 2. The fourth-order valence-corrected chi connectivity index (χ4v) is 4.35. The number of carbonyl (C=O) groups excluding carboxylic acids is 2. The largest absolute Gasteiger partial charge is 0.456 e. The lowest BCUT2D eigenvalue weighted by atomic mass is 9.86. The summed E-state index contributed by atoms with van der Waals surface area (Å²) in [6.07, 6.45) is 5.50. The van der Waals surface area contributed by atoms with Crippen LogP contribution in [0.2, 0.25) is 0 Å². The minimum Gasteiger partial charge on any atom is -0.456 e. The van der Waals surface area contributed by atoms with Crippen LogP contribution < -0.4 is 5.32 Å². The van der Waals surface area contributed by atoms with E-state index in [2.05, 4.69) is 19.2 Å². The number of amides is 1. The minimum absolute atomic E-state index is 0.202. The highest BCUT2D eigenvalue weighted by atomic mass is 16.5. The number of hydrogen-bond acceptors (Lipinski definition) is 3. The zero-order valence-electron chi connectivity index (χ0n) is 14.6. The van der Waals surface area contributed by atoms with Crippen LogP contribution in [0.15, 0.2) is 24.3 Å². The zero-order valence-corrected chi connectivity index (χ0v) is 14.6. The molecule has 2 aliphatic rings. The molecule has 0 aromatic heterocycles. The summed E-state index contributed by atoms with van der Waals surface area (Å²) in [5.74, 6) is 1.81. The van der Waals surface area contributed by atoms with Gasteiger partial charge in [0.2, 0.25) is 0 Å². The highest BCUT2D eigenvalue weighted by Crippen LogP contribution is 2.49. The Labute approximate surface area is 144 Å². The predicted molar refractivity (Wildman–Crippen MR) is 93.7 cm³/mol. The Bertz CT molecular complexity index is 611.